The molecule has 0 amide bonds. The number of rotatable bonds is 1. The van der Waals surface area contributed by atoms with E-state index >= 15 is 0 Å². The lowest BCUT2D eigenvalue weighted by atomic mass is 10.2. The summed E-state index contributed by atoms with van der Waals surface area (Å²) in [5.74, 6) is 5.39. The Morgan fingerprint density at radius 3 is 2.75 bits per heavy atom. The van der Waals surface area contributed by atoms with E-state index in [-0.39, 0.29) is 6.04 Å². The number of hydrogen-bond donors (Lipinski definition) is 1. The van der Waals surface area contributed by atoms with Crippen molar-refractivity contribution in [2.45, 2.75) is 18.9 Å². The standard InChI is InChI=1S/C5H10N2O/c6-7-3-1-2-5(7)4-8/h4-5H,1-3,6H2/t5-/m0/s1. The van der Waals surface area contributed by atoms with Crippen LogP contribution in [0, 0.1) is 0 Å². The molecule has 1 fully saturated rings. The van der Waals surface area contributed by atoms with E-state index < -0.39 is 0 Å². The van der Waals surface area contributed by atoms with Crippen LogP contribution in [0.4, 0.5) is 0 Å². The molecule has 0 aromatic rings. The zero-order chi connectivity index (χ0) is 5.98. The smallest absolute Gasteiger partial charge is 0.138 e. The molecule has 0 spiro atoms. The molecular weight excluding hydrogens is 104 g/mol. The second-order valence-corrected chi connectivity index (χ2v) is 2.08. The monoisotopic (exact) mass is 114 g/mol. The second kappa shape index (κ2) is 2.24. The van der Waals surface area contributed by atoms with E-state index in [1.54, 1.807) is 5.01 Å². The maximum Gasteiger partial charge on any atom is 0.138 e. The molecular formula is C5H10N2O. The van der Waals surface area contributed by atoms with Crippen molar-refractivity contribution in [2.24, 2.45) is 5.84 Å². The quantitative estimate of drug-likeness (QED) is 0.370. The van der Waals surface area contributed by atoms with Crippen LogP contribution < -0.4 is 5.84 Å². The van der Waals surface area contributed by atoms with Crippen molar-refractivity contribution in [3.05, 3.63) is 0 Å². The molecule has 0 radical (unpaired) electrons. The van der Waals surface area contributed by atoms with Gasteiger partial charge in [-0.05, 0) is 12.8 Å². The maximum atomic E-state index is 10.1. The molecule has 46 valence electrons. The normalized spacial score (nSPS) is 30.9. The van der Waals surface area contributed by atoms with Crippen LogP contribution in [0.2, 0.25) is 0 Å². The van der Waals surface area contributed by atoms with Gasteiger partial charge >= 0.3 is 0 Å². The van der Waals surface area contributed by atoms with Gasteiger partial charge in [0.2, 0.25) is 0 Å². The summed E-state index contributed by atoms with van der Waals surface area (Å²) < 4.78 is 0. The summed E-state index contributed by atoms with van der Waals surface area (Å²) in [6.07, 6.45) is 2.90. The number of aldehydes is 1. The summed E-state index contributed by atoms with van der Waals surface area (Å²) in [5.41, 5.74) is 0. The fourth-order valence-electron chi connectivity index (χ4n) is 0.961. The summed E-state index contributed by atoms with van der Waals surface area (Å²) in [6, 6.07) is -0.00463. The van der Waals surface area contributed by atoms with Crippen LogP contribution in [0.25, 0.3) is 0 Å². The van der Waals surface area contributed by atoms with Crippen LogP contribution >= 0.6 is 0 Å². The molecule has 0 unspecified atom stereocenters. The third kappa shape index (κ3) is 0.877. The Morgan fingerprint density at radius 1 is 1.75 bits per heavy atom. The first-order valence-electron chi connectivity index (χ1n) is 2.81. The molecule has 3 nitrogen and oxygen atoms in total. The van der Waals surface area contributed by atoms with Gasteiger partial charge in [0, 0.05) is 6.54 Å². The van der Waals surface area contributed by atoms with Crippen molar-refractivity contribution in [1.82, 2.24) is 5.01 Å². The minimum Gasteiger partial charge on any atom is -0.302 e. The predicted molar refractivity (Wildman–Crippen MR) is 30.0 cm³/mol. The lowest BCUT2D eigenvalue weighted by Crippen LogP contribution is -2.36. The fraction of sp³-hybridized carbons (Fsp3) is 0.800. The molecule has 0 bridgehead atoms. The fourth-order valence-corrected chi connectivity index (χ4v) is 0.961. The van der Waals surface area contributed by atoms with Gasteiger partial charge in [-0.1, -0.05) is 0 Å². The highest BCUT2D eigenvalue weighted by Gasteiger charge is 2.19. The summed E-state index contributed by atoms with van der Waals surface area (Å²) >= 11 is 0. The highest BCUT2D eigenvalue weighted by atomic mass is 16.1. The van der Waals surface area contributed by atoms with E-state index in [1.165, 1.54) is 0 Å². The largest absolute Gasteiger partial charge is 0.302 e. The topological polar surface area (TPSA) is 46.3 Å². The van der Waals surface area contributed by atoms with Gasteiger partial charge in [-0.15, -0.1) is 0 Å². The zero-order valence-electron chi connectivity index (χ0n) is 4.71. The van der Waals surface area contributed by atoms with Crippen molar-refractivity contribution in [3.63, 3.8) is 0 Å². The van der Waals surface area contributed by atoms with Crippen molar-refractivity contribution >= 4 is 6.29 Å². The highest BCUT2D eigenvalue weighted by Crippen LogP contribution is 2.09. The van der Waals surface area contributed by atoms with Crippen molar-refractivity contribution in [3.8, 4) is 0 Å². The Kier molecular flexibility index (Phi) is 1.60. The van der Waals surface area contributed by atoms with Gasteiger partial charge in [0.15, 0.2) is 0 Å². The summed E-state index contributed by atoms with van der Waals surface area (Å²) in [5, 5.41) is 1.59. The number of hydrazine groups is 1. The first-order valence-corrected chi connectivity index (χ1v) is 2.81. The molecule has 0 saturated carbocycles. The Morgan fingerprint density at radius 2 is 2.50 bits per heavy atom. The van der Waals surface area contributed by atoms with Gasteiger partial charge < -0.3 is 4.79 Å². The Hall–Kier alpha value is -0.410. The first-order chi connectivity index (χ1) is 3.84. The highest BCUT2D eigenvalue weighted by molar-refractivity contribution is 5.57. The molecule has 0 aromatic carbocycles. The Balaban J connectivity index is 2.41. The molecule has 1 saturated heterocycles. The van der Waals surface area contributed by atoms with Gasteiger partial charge in [-0.3, -0.25) is 5.84 Å². The molecule has 3 heteroatoms. The lowest BCUT2D eigenvalue weighted by Gasteiger charge is -2.10. The third-order valence-electron chi connectivity index (χ3n) is 1.50. The van der Waals surface area contributed by atoms with Crippen LogP contribution in [0.15, 0.2) is 0 Å². The van der Waals surface area contributed by atoms with Crippen molar-refractivity contribution < 1.29 is 4.79 Å². The van der Waals surface area contributed by atoms with E-state index in [2.05, 4.69) is 0 Å². The second-order valence-electron chi connectivity index (χ2n) is 2.08. The molecule has 1 atom stereocenters. The molecule has 1 aliphatic heterocycles. The molecule has 0 aliphatic carbocycles. The third-order valence-corrected chi connectivity index (χ3v) is 1.50. The molecule has 1 rings (SSSR count). The Labute approximate surface area is 48.4 Å². The number of carbonyl (C=O) groups is 1. The maximum absolute atomic E-state index is 10.1. The summed E-state index contributed by atoms with van der Waals surface area (Å²) in [7, 11) is 0. The minimum absolute atomic E-state index is 0.00463. The van der Waals surface area contributed by atoms with E-state index in [4.69, 9.17) is 5.84 Å². The van der Waals surface area contributed by atoms with Crippen LogP contribution in [0.3, 0.4) is 0 Å². The van der Waals surface area contributed by atoms with Gasteiger partial charge in [-0.2, -0.15) is 0 Å². The van der Waals surface area contributed by atoms with Gasteiger partial charge in [0.25, 0.3) is 0 Å². The lowest BCUT2D eigenvalue weighted by molar-refractivity contribution is -0.111. The number of nitrogens with two attached hydrogens (primary N) is 1. The van der Waals surface area contributed by atoms with Crippen LogP contribution in [-0.2, 0) is 4.79 Å². The number of carbonyl (C=O) groups excluding carboxylic acids is 1. The molecule has 0 aromatic heterocycles. The first kappa shape index (κ1) is 5.72. The predicted octanol–water partition coefficient (Wildman–Crippen LogP) is -0.477. The summed E-state index contributed by atoms with van der Waals surface area (Å²) in [6.45, 7) is 0.864. The average Bonchev–Trinajstić information content (AvgIpc) is 2.14. The van der Waals surface area contributed by atoms with E-state index in [1.807, 2.05) is 0 Å². The molecule has 8 heavy (non-hydrogen) atoms. The molecule has 1 aliphatic rings. The minimum atomic E-state index is -0.00463. The van der Waals surface area contributed by atoms with Crippen LogP contribution in [-0.4, -0.2) is 23.9 Å². The van der Waals surface area contributed by atoms with Crippen molar-refractivity contribution in [2.75, 3.05) is 6.54 Å². The van der Waals surface area contributed by atoms with Crippen molar-refractivity contribution in [1.29, 1.82) is 0 Å². The number of hydrogen-bond acceptors (Lipinski definition) is 3. The SMILES string of the molecule is NN1CCC[C@H]1C=O. The average molecular weight is 114 g/mol. The van der Waals surface area contributed by atoms with E-state index in [9.17, 15) is 4.79 Å². The van der Waals surface area contributed by atoms with Gasteiger partial charge in [-0.25, -0.2) is 5.01 Å². The van der Waals surface area contributed by atoms with Crippen LogP contribution in [0.1, 0.15) is 12.8 Å². The van der Waals surface area contributed by atoms with Gasteiger partial charge in [0.1, 0.15) is 6.29 Å². The summed E-state index contributed by atoms with van der Waals surface area (Å²) in [4.78, 5) is 10.1. The van der Waals surface area contributed by atoms with E-state index in [0.717, 1.165) is 25.7 Å². The molecule has 2 N–H and O–H groups in total. The van der Waals surface area contributed by atoms with Gasteiger partial charge in [0.05, 0.1) is 6.04 Å². The Bertz CT molecular complexity index is 94.4. The molecule has 1 heterocycles. The zero-order valence-corrected chi connectivity index (χ0v) is 4.71. The van der Waals surface area contributed by atoms with E-state index in [0.29, 0.717) is 0 Å². The van der Waals surface area contributed by atoms with Crippen LogP contribution in [0.5, 0.6) is 0 Å². The number of nitrogens with zero attached hydrogens (tertiary/aromatic N) is 1.